The number of carbonyl (C=O) groups excluding carboxylic acids is 1. The normalized spacial score (nSPS) is 15.1. The fourth-order valence-electron chi connectivity index (χ4n) is 1.68. The summed E-state index contributed by atoms with van der Waals surface area (Å²) in [5.41, 5.74) is 0.574. The summed E-state index contributed by atoms with van der Waals surface area (Å²) in [5, 5.41) is 11.7. The Labute approximate surface area is 104 Å². The van der Waals surface area contributed by atoms with Crippen LogP contribution in [0.1, 0.15) is 29.6 Å². The van der Waals surface area contributed by atoms with E-state index in [1.54, 1.807) is 6.07 Å². The molecule has 1 aliphatic carbocycles. The highest BCUT2D eigenvalue weighted by atomic mass is 35.5. The lowest BCUT2D eigenvalue weighted by Crippen LogP contribution is -2.28. The van der Waals surface area contributed by atoms with Crippen LogP contribution in [0.25, 0.3) is 0 Å². The summed E-state index contributed by atoms with van der Waals surface area (Å²) in [6.07, 6.45) is 2.94. The molecule has 1 amide bonds. The molecular weight excluding hydrogens is 242 g/mol. The van der Waals surface area contributed by atoms with Gasteiger partial charge in [-0.2, -0.15) is 0 Å². The molecule has 4 nitrogen and oxygen atoms in total. The van der Waals surface area contributed by atoms with Crippen LogP contribution in [0.2, 0.25) is 5.02 Å². The average molecular weight is 254 g/mol. The van der Waals surface area contributed by atoms with E-state index in [1.165, 1.54) is 12.1 Å². The van der Waals surface area contributed by atoms with E-state index < -0.39 is 5.97 Å². The summed E-state index contributed by atoms with van der Waals surface area (Å²) in [4.78, 5) is 22.4. The van der Waals surface area contributed by atoms with E-state index in [9.17, 15) is 9.59 Å². The fourth-order valence-corrected chi connectivity index (χ4v) is 1.94. The molecular formula is C12H12ClNO3. The Morgan fingerprint density at radius 3 is 2.53 bits per heavy atom. The van der Waals surface area contributed by atoms with E-state index in [-0.39, 0.29) is 22.4 Å². The lowest BCUT2D eigenvalue weighted by Gasteiger charge is -2.24. The first kappa shape index (κ1) is 11.9. The van der Waals surface area contributed by atoms with E-state index in [2.05, 4.69) is 5.32 Å². The van der Waals surface area contributed by atoms with Gasteiger partial charge in [0.25, 0.3) is 0 Å². The zero-order valence-corrected chi connectivity index (χ0v) is 9.83. The van der Waals surface area contributed by atoms with Gasteiger partial charge in [0, 0.05) is 11.6 Å². The molecule has 0 aliphatic heterocycles. The van der Waals surface area contributed by atoms with Crippen LogP contribution in [0.5, 0.6) is 0 Å². The van der Waals surface area contributed by atoms with Crippen molar-refractivity contribution in [3.63, 3.8) is 0 Å². The topological polar surface area (TPSA) is 66.4 Å². The van der Waals surface area contributed by atoms with Gasteiger partial charge >= 0.3 is 5.97 Å². The van der Waals surface area contributed by atoms with Gasteiger partial charge in [0.05, 0.1) is 10.6 Å². The van der Waals surface area contributed by atoms with Gasteiger partial charge < -0.3 is 10.4 Å². The first-order valence-corrected chi connectivity index (χ1v) is 5.79. The Balaban J connectivity index is 2.09. The molecule has 0 aromatic heterocycles. The number of anilines is 1. The quantitative estimate of drug-likeness (QED) is 0.870. The van der Waals surface area contributed by atoms with Crippen LogP contribution in [0, 0.1) is 5.92 Å². The monoisotopic (exact) mass is 253 g/mol. The standard InChI is InChI=1S/C12H12ClNO3/c13-10-6-8(4-5-9(10)12(16)17)14-11(15)7-2-1-3-7/h4-7H,1-3H2,(H,14,15)(H,16,17). The summed E-state index contributed by atoms with van der Waals surface area (Å²) in [6, 6.07) is 4.40. The molecule has 0 atom stereocenters. The molecule has 2 N–H and O–H groups in total. The van der Waals surface area contributed by atoms with Gasteiger partial charge in [0.2, 0.25) is 5.91 Å². The summed E-state index contributed by atoms with van der Waals surface area (Å²) in [7, 11) is 0. The van der Waals surface area contributed by atoms with Gasteiger partial charge in [0.1, 0.15) is 0 Å². The minimum Gasteiger partial charge on any atom is -0.478 e. The van der Waals surface area contributed by atoms with Crippen molar-refractivity contribution in [1.29, 1.82) is 0 Å². The summed E-state index contributed by atoms with van der Waals surface area (Å²) in [5.74, 6) is -1.00. The summed E-state index contributed by atoms with van der Waals surface area (Å²) in [6.45, 7) is 0. The third-order valence-corrected chi connectivity index (χ3v) is 3.26. The number of benzene rings is 1. The maximum absolute atomic E-state index is 11.7. The van der Waals surface area contributed by atoms with Crippen LogP contribution >= 0.6 is 11.6 Å². The van der Waals surface area contributed by atoms with Gasteiger partial charge in [-0.05, 0) is 31.0 Å². The molecule has 90 valence electrons. The van der Waals surface area contributed by atoms with E-state index in [0.717, 1.165) is 19.3 Å². The van der Waals surface area contributed by atoms with Gasteiger partial charge in [-0.3, -0.25) is 4.79 Å². The Morgan fingerprint density at radius 1 is 1.35 bits per heavy atom. The number of hydrogen-bond donors (Lipinski definition) is 2. The van der Waals surface area contributed by atoms with E-state index in [1.807, 2.05) is 0 Å². The molecule has 1 aromatic rings. The van der Waals surface area contributed by atoms with Crippen LogP contribution in [-0.4, -0.2) is 17.0 Å². The highest BCUT2D eigenvalue weighted by molar-refractivity contribution is 6.33. The van der Waals surface area contributed by atoms with Gasteiger partial charge in [-0.15, -0.1) is 0 Å². The number of rotatable bonds is 3. The number of aromatic carboxylic acids is 1. The SMILES string of the molecule is O=C(O)c1ccc(NC(=O)C2CCC2)cc1Cl. The van der Waals surface area contributed by atoms with Crippen molar-refractivity contribution in [1.82, 2.24) is 0 Å². The fraction of sp³-hybridized carbons (Fsp3) is 0.333. The molecule has 0 bridgehead atoms. The molecule has 1 aromatic carbocycles. The van der Waals surface area contributed by atoms with Crippen molar-refractivity contribution in [2.45, 2.75) is 19.3 Å². The number of carbonyl (C=O) groups is 2. The molecule has 0 radical (unpaired) electrons. The van der Waals surface area contributed by atoms with Crippen LogP contribution in [0.4, 0.5) is 5.69 Å². The maximum Gasteiger partial charge on any atom is 0.337 e. The highest BCUT2D eigenvalue weighted by Crippen LogP contribution is 2.28. The molecule has 1 saturated carbocycles. The molecule has 0 spiro atoms. The molecule has 0 saturated heterocycles. The zero-order chi connectivity index (χ0) is 12.4. The van der Waals surface area contributed by atoms with Gasteiger partial charge in [-0.25, -0.2) is 4.79 Å². The molecule has 1 fully saturated rings. The number of amides is 1. The predicted molar refractivity (Wildman–Crippen MR) is 64.4 cm³/mol. The van der Waals surface area contributed by atoms with Crippen molar-refractivity contribution < 1.29 is 14.7 Å². The maximum atomic E-state index is 11.7. The lowest BCUT2D eigenvalue weighted by molar-refractivity contribution is -0.122. The smallest absolute Gasteiger partial charge is 0.337 e. The lowest BCUT2D eigenvalue weighted by atomic mass is 9.85. The average Bonchev–Trinajstić information content (AvgIpc) is 2.13. The van der Waals surface area contributed by atoms with Crippen LogP contribution in [-0.2, 0) is 4.79 Å². The Hall–Kier alpha value is -1.55. The first-order valence-electron chi connectivity index (χ1n) is 5.41. The molecule has 0 heterocycles. The number of hydrogen-bond acceptors (Lipinski definition) is 2. The molecule has 5 heteroatoms. The van der Waals surface area contributed by atoms with Crippen molar-refractivity contribution in [2.75, 3.05) is 5.32 Å². The first-order chi connectivity index (χ1) is 8.08. The van der Waals surface area contributed by atoms with Crippen molar-refractivity contribution in [2.24, 2.45) is 5.92 Å². The van der Waals surface area contributed by atoms with Crippen LogP contribution < -0.4 is 5.32 Å². The Bertz CT molecular complexity index is 469. The Kier molecular flexibility index (Phi) is 3.33. The minimum absolute atomic E-state index is 0.0182. The third-order valence-electron chi connectivity index (χ3n) is 2.94. The minimum atomic E-state index is -1.08. The van der Waals surface area contributed by atoms with E-state index >= 15 is 0 Å². The van der Waals surface area contributed by atoms with Crippen LogP contribution in [0.15, 0.2) is 18.2 Å². The van der Waals surface area contributed by atoms with E-state index in [0.29, 0.717) is 5.69 Å². The Morgan fingerprint density at radius 2 is 2.06 bits per heavy atom. The van der Waals surface area contributed by atoms with Crippen molar-refractivity contribution >= 4 is 29.2 Å². The predicted octanol–water partition coefficient (Wildman–Crippen LogP) is 2.78. The zero-order valence-electron chi connectivity index (χ0n) is 9.07. The van der Waals surface area contributed by atoms with Gasteiger partial charge in [-0.1, -0.05) is 18.0 Å². The second-order valence-electron chi connectivity index (χ2n) is 4.12. The molecule has 2 rings (SSSR count). The second kappa shape index (κ2) is 4.75. The molecule has 17 heavy (non-hydrogen) atoms. The van der Waals surface area contributed by atoms with Gasteiger partial charge in [0.15, 0.2) is 0 Å². The summed E-state index contributed by atoms with van der Waals surface area (Å²) >= 11 is 5.80. The number of carboxylic acids is 1. The van der Waals surface area contributed by atoms with Crippen LogP contribution in [0.3, 0.4) is 0 Å². The second-order valence-corrected chi connectivity index (χ2v) is 4.52. The number of carboxylic acid groups (broad SMARTS) is 1. The number of nitrogens with one attached hydrogen (secondary N) is 1. The molecule has 0 unspecified atom stereocenters. The van der Waals surface area contributed by atoms with E-state index in [4.69, 9.17) is 16.7 Å². The highest BCUT2D eigenvalue weighted by Gasteiger charge is 2.25. The third kappa shape index (κ3) is 2.58. The summed E-state index contributed by atoms with van der Waals surface area (Å²) < 4.78 is 0. The molecule has 1 aliphatic rings. The largest absolute Gasteiger partial charge is 0.478 e. The van der Waals surface area contributed by atoms with Crippen molar-refractivity contribution in [3.8, 4) is 0 Å². The van der Waals surface area contributed by atoms with Crippen molar-refractivity contribution in [3.05, 3.63) is 28.8 Å². The number of halogens is 1.